The first kappa shape index (κ1) is 18.7. The van der Waals surface area contributed by atoms with E-state index in [-0.39, 0.29) is 35.2 Å². The molecule has 2 aromatic rings. The number of pyridine rings is 1. The van der Waals surface area contributed by atoms with Crippen LogP contribution in [-0.4, -0.2) is 34.8 Å². The van der Waals surface area contributed by atoms with Crippen LogP contribution in [0, 0.1) is 17.0 Å². The fourth-order valence-electron chi connectivity index (χ4n) is 3.95. The second-order valence-electron chi connectivity index (χ2n) is 8.40. The Hall–Kier alpha value is -2.68. The van der Waals surface area contributed by atoms with Gasteiger partial charge in [-0.3, -0.25) is 4.79 Å². The molecule has 1 aromatic heterocycles. The molecule has 0 unspecified atom stereocenters. The van der Waals surface area contributed by atoms with Gasteiger partial charge in [0.1, 0.15) is 11.3 Å². The molecular formula is C19H22F2N4O3. The zero-order valence-corrected chi connectivity index (χ0v) is 15.6. The molecule has 150 valence electrons. The van der Waals surface area contributed by atoms with Crippen molar-refractivity contribution < 1.29 is 18.7 Å². The van der Waals surface area contributed by atoms with Crippen molar-refractivity contribution in [3.05, 3.63) is 33.6 Å². The quantitative estimate of drug-likeness (QED) is 0.689. The van der Waals surface area contributed by atoms with E-state index >= 15 is 8.78 Å². The second kappa shape index (κ2) is 5.91. The molecule has 0 radical (unpaired) electrons. The van der Waals surface area contributed by atoms with Crippen LogP contribution in [0.25, 0.3) is 10.9 Å². The summed E-state index contributed by atoms with van der Waals surface area (Å²) in [7, 11) is 0. The Morgan fingerprint density at radius 3 is 2.43 bits per heavy atom. The van der Waals surface area contributed by atoms with Crippen LogP contribution < -0.4 is 21.8 Å². The van der Waals surface area contributed by atoms with Gasteiger partial charge in [-0.25, -0.2) is 13.6 Å². The van der Waals surface area contributed by atoms with Gasteiger partial charge in [0.25, 0.3) is 0 Å². The summed E-state index contributed by atoms with van der Waals surface area (Å²) in [6.07, 6.45) is 2.56. The number of rotatable bonds is 3. The van der Waals surface area contributed by atoms with Crippen molar-refractivity contribution in [3.63, 3.8) is 0 Å². The average Bonchev–Trinajstić information content (AvgIpc) is 3.39. The van der Waals surface area contributed by atoms with E-state index in [4.69, 9.17) is 11.5 Å². The molecule has 0 spiro atoms. The number of fused-ring (bicyclic) bond motifs is 1. The Labute approximate surface area is 159 Å². The van der Waals surface area contributed by atoms with E-state index in [0.29, 0.717) is 19.4 Å². The molecule has 9 heteroatoms. The van der Waals surface area contributed by atoms with E-state index in [2.05, 4.69) is 0 Å². The van der Waals surface area contributed by atoms with Gasteiger partial charge in [0.05, 0.1) is 16.6 Å². The number of carboxylic acids is 1. The summed E-state index contributed by atoms with van der Waals surface area (Å²) in [5.41, 5.74) is 9.13. The minimum Gasteiger partial charge on any atom is -0.477 e. The zero-order valence-electron chi connectivity index (χ0n) is 15.6. The number of carboxylic acid groups (broad SMARTS) is 1. The highest BCUT2D eigenvalue weighted by Crippen LogP contribution is 2.43. The van der Waals surface area contributed by atoms with E-state index in [9.17, 15) is 14.7 Å². The first-order chi connectivity index (χ1) is 13.0. The molecule has 2 fully saturated rings. The molecule has 7 nitrogen and oxygen atoms in total. The summed E-state index contributed by atoms with van der Waals surface area (Å²) in [6.45, 7) is 4.40. The molecule has 1 saturated heterocycles. The Morgan fingerprint density at radius 1 is 1.29 bits per heavy atom. The lowest BCUT2D eigenvalue weighted by molar-refractivity contribution is 0.0695. The van der Waals surface area contributed by atoms with Crippen molar-refractivity contribution in [1.82, 2.24) is 4.57 Å². The van der Waals surface area contributed by atoms with Gasteiger partial charge in [0.15, 0.2) is 11.6 Å². The summed E-state index contributed by atoms with van der Waals surface area (Å²) in [5.74, 6) is -3.43. The molecule has 2 aliphatic rings. The van der Waals surface area contributed by atoms with Crippen molar-refractivity contribution in [2.75, 3.05) is 23.7 Å². The molecule has 5 N–H and O–H groups in total. The van der Waals surface area contributed by atoms with Crippen molar-refractivity contribution in [2.24, 2.45) is 11.1 Å². The van der Waals surface area contributed by atoms with Crippen LogP contribution in [0.5, 0.6) is 0 Å². The molecule has 0 amide bonds. The summed E-state index contributed by atoms with van der Waals surface area (Å²) in [5, 5.41) is 8.91. The number of nitrogen functional groups attached to an aromatic ring is 1. The lowest BCUT2D eigenvalue weighted by Crippen LogP contribution is -2.35. The molecule has 2 heterocycles. The lowest BCUT2D eigenvalue weighted by atomic mass is 9.89. The van der Waals surface area contributed by atoms with Crippen LogP contribution in [0.15, 0.2) is 11.0 Å². The number of aromatic nitrogens is 1. The maximum atomic E-state index is 15.6. The van der Waals surface area contributed by atoms with Crippen LogP contribution in [0.3, 0.4) is 0 Å². The summed E-state index contributed by atoms with van der Waals surface area (Å²) in [4.78, 5) is 25.6. The van der Waals surface area contributed by atoms with E-state index in [1.807, 2.05) is 13.8 Å². The Morgan fingerprint density at radius 2 is 1.93 bits per heavy atom. The summed E-state index contributed by atoms with van der Waals surface area (Å²) in [6, 6.07) is -0.436. The third-order valence-corrected chi connectivity index (χ3v) is 5.87. The topological polar surface area (TPSA) is 115 Å². The van der Waals surface area contributed by atoms with Crippen molar-refractivity contribution in [2.45, 2.75) is 38.8 Å². The van der Waals surface area contributed by atoms with Crippen molar-refractivity contribution in [1.29, 1.82) is 0 Å². The zero-order chi connectivity index (χ0) is 20.5. The molecule has 1 atom stereocenters. The molecule has 1 saturated carbocycles. The summed E-state index contributed by atoms with van der Waals surface area (Å²) >= 11 is 0. The predicted molar refractivity (Wildman–Crippen MR) is 102 cm³/mol. The van der Waals surface area contributed by atoms with Gasteiger partial charge in [-0.15, -0.1) is 0 Å². The van der Waals surface area contributed by atoms with Crippen LogP contribution in [0.2, 0.25) is 0 Å². The maximum absolute atomic E-state index is 15.6. The smallest absolute Gasteiger partial charge is 0.341 e. The number of hydrogen-bond donors (Lipinski definition) is 3. The number of aromatic carboxylic acids is 1. The van der Waals surface area contributed by atoms with Gasteiger partial charge in [-0.05, 0) is 18.3 Å². The van der Waals surface area contributed by atoms with Crippen LogP contribution in [-0.2, 0) is 0 Å². The second-order valence-corrected chi connectivity index (χ2v) is 8.40. The number of carbonyl (C=O) groups is 1. The average molecular weight is 392 g/mol. The third kappa shape index (κ3) is 2.56. The predicted octanol–water partition coefficient (Wildman–Crippen LogP) is 2.07. The minimum atomic E-state index is -1.46. The molecule has 28 heavy (non-hydrogen) atoms. The molecular weight excluding hydrogens is 370 g/mol. The fourth-order valence-corrected chi connectivity index (χ4v) is 3.95. The molecule has 1 aliphatic carbocycles. The Bertz CT molecular complexity index is 1080. The van der Waals surface area contributed by atoms with E-state index in [0.717, 1.165) is 6.20 Å². The van der Waals surface area contributed by atoms with Crippen LogP contribution >= 0.6 is 0 Å². The van der Waals surface area contributed by atoms with Crippen molar-refractivity contribution >= 4 is 28.2 Å². The number of hydrogen-bond acceptors (Lipinski definition) is 5. The third-order valence-electron chi connectivity index (χ3n) is 5.87. The highest BCUT2D eigenvalue weighted by molar-refractivity contribution is 5.99. The molecule has 1 aliphatic heterocycles. The van der Waals surface area contributed by atoms with E-state index in [1.54, 1.807) is 0 Å². The Balaban J connectivity index is 2.06. The molecule has 0 bridgehead atoms. The maximum Gasteiger partial charge on any atom is 0.341 e. The van der Waals surface area contributed by atoms with Crippen molar-refractivity contribution in [3.8, 4) is 0 Å². The van der Waals surface area contributed by atoms with Gasteiger partial charge in [0, 0.05) is 31.4 Å². The number of halogens is 2. The normalized spacial score (nSPS) is 21.5. The standard InChI is InChI=1S/C19H22F2N4O3/c1-19(2)7-24(6-10(19)22)16-12(20)14(23)11-15(13(16)21)25(8-3-4-8)5-9(17(11)26)18(27)28/h5,8,10H,3-4,6-7,22-23H2,1-2H3,(H,27,28)/t10-/m0/s1. The first-order valence-electron chi connectivity index (χ1n) is 9.13. The summed E-state index contributed by atoms with van der Waals surface area (Å²) < 4.78 is 32.2. The first-order valence-corrected chi connectivity index (χ1v) is 9.13. The number of anilines is 2. The van der Waals surface area contributed by atoms with Gasteiger partial charge in [0.2, 0.25) is 5.43 Å². The fraction of sp³-hybridized carbons (Fsp3) is 0.474. The number of benzene rings is 1. The van der Waals surface area contributed by atoms with Gasteiger partial charge >= 0.3 is 5.97 Å². The Kier molecular flexibility index (Phi) is 3.94. The van der Waals surface area contributed by atoms with Crippen LogP contribution in [0.1, 0.15) is 43.1 Å². The van der Waals surface area contributed by atoms with Gasteiger partial charge < -0.3 is 26.0 Å². The highest BCUT2D eigenvalue weighted by atomic mass is 19.1. The van der Waals surface area contributed by atoms with Gasteiger partial charge in [-0.2, -0.15) is 0 Å². The lowest BCUT2D eigenvalue weighted by Gasteiger charge is -2.25. The monoisotopic (exact) mass is 392 g/mol. The SMILES string of the molecule is CC1(C)CN(c2c(F)c(N)c3c(=O)c(C(=O)O)cn(C4CC4)c3c2F)C[C@@H]1N. The molecule has 4 rings (SSSR count). The van der Waals surface area contributed by atoms with Gasteiger partial charge in [-0.1, -0.05) is 13.8 Å². The number of nitrogens with zero attached hydrogens (tertiary/aromatic N) is 2. The number of nitrogens with two attached hydrogens (primary N) is 2. The van der Waals surface area contributed by atoms with Crippen LogP contribution in [0.4, 0.5) is 20.2 Å². The van der Waals surface area contributed by atoms with E-state index in [1.165, 1.54) is 9.47 Å². The molecule has 1 aromatic carbocycles. The minimum absolute atomic E-state index is 0.148. The largest absolute Gasteiger partial charge is 0.477 e. The van der Waals surface area contributed by atoms with E-state index < -0.39 is 39.7 Å². The highest BCUT2D eigenvalue weighted by Gasteiger charge is 2.40.